The number of carbonyl (C=O) groups excluding carboxylic acids is 1. The Balaban J connectivity index is 2.03. The summed E-state index contributed by atoms with van der Waals surface area (Å²) in [6.07, 6.45) is 13.5. The molecule has 2 rings (SSSR count). The SMILES string of the molecule is CC1CC=C(C(=O)C2=CCCCCC2)CC1. The van der Waals surface area contributed by atoms with Crippen molar-refractivity contribution in [3.8, 4) is 0 Å². The topological polar surface area (TPSA) is 17.1 Å². The highest BCUT2D eigenvalue weighted by atomic mass is 16.1. The third-order valence-corrected chi connectivity index (χ3v) is 3.80. The Kier molecular flexibility index (Phi) is 3.98. The van der Waals surface area contributed by atoms with Gasteiger partial charge >= 0.3 is 0 Å². The van der Waals surface area contributed by atoms with Crippen molar-refractivity contribution >= 4 is 5.78 Å². The van der Waals surface area contributed by atoms with Crippen LogP contribution >= 0.6 is 0 Å². The standard InChI is InChI=1S/C15H22O/c1-12-8-10-14(11-9-12)15(16)13-6-4-2-3-5-7-13/h6,10,12H,2-5,7-9,11H2,1H3. The monoisotopic (exact) mass is 218 g/mol. The molecule has 0 spiro atoms. The van der Waals surface area contributed by atoms with Gasteiger partial charge in [0.05, 0.1) is 0 Å². The second-order valence-electron chi connectivity index (χ2n) is 5.27. The summed E-state index contributed by atoms with van der Waals surface area (Å²) < 4.78 is 0. The zero-order valence-electron chi connectivity index (χ0n) is 10.3. The molecule has 2 aliphatic rings. The van der Waals surface area contributed by atoms with E-state index in [1.165, 1.54) is 25.7 Å². The molecule has 0 heterocycles. The summed E-state index contributed by atoms with van der Waals surface area (Å²) in [4.78, 5) is 12.3. The maximum Gasteiger partial charge on any atom is 0.184 e. The Hall–Kier alpha value is -0.850. The van der Waals surface area contributed by atoms with Gasteiger partial charge in [-0.1, -0.05) is 25.5 Å². The summed E-state index contributed by atoms with van der Waals surface area (Å²) in [6.45, 7) is 2.27. The van der Waals surface area contributed by atoms with Gasteiger partial charge in [-0.3, -0.25) is 4.79 Å². The third kappa shape index (κ3) is 2.84. The number of hydrogen-bond donors (Lipinski definition) is 0. The molecule has 0 aromatic rings. The van der Waals surface area contributed by atoms with Crippen molar-refractivity contribution in [3.05, 3.63) is 23.3 Å². The van der Waals surface area contributed by atoms with Crippen molar-refractivity contribution in [2.24, 2.45) is 5.92 Å². The van der Waals surface area contributed by atoms with Gasteiger partial charge in [-0.2, -0.15) is 0 Å². The molecular weight excluding hydrogens is 196 g/mol. The first-order valence-electron chi connectivity index (χ1n) is 6.70. The van der Waals surface area contributed by atoms with Crippen molar-refractivity contribution in [3.63, 3.8) is 0 Å². The fourth-order valence-corrected chi connectivity index (χ4v) is 2.60. The van der Waals surface area contributed by atoms with Gasteiger partial charge in [-0.05, 0) is 62.0 Å². The fourth-order valence-electron chi connectivity index (χ4n) is 2.60. The van der Waals surface area contributed by atoms with E-state index in [2.05, 4.69) is 19.1 Å². The van der Waals surface area contributed by atoms with E-state index in [1.807, 2.05) is 0 Å². The van der Waals surface area contributed by atoms with Crippen LogP contribution in [-0.2, 0) is 4.79 Å². The molecule has 2 aliphatic carbocycles. The lowest BCUT2D eigenvalue weighted by Crippen LogP contribution is -2.11. The first-order chi connectivity index (χ1) is 7.77. The number of ketones is 1. The molecule has 0 aromatic carbocycles. The summed E-state index contributed by atoms with van der Waals surface area (Å²) in [7, 11) is 0. The minimum Gasteiger partial charge on any atom is -0.289 e. The highest BCUT2D eigenvalue weighted by Crippen LogP contribution is 2.27. The Morgan fingerprint density at radius 1 is 1.12 bits per heavy atom. The second kappa shape index (κ2) is 5.47. The molecule has 1 heteroatoms. The van der Waals surface area contributed by atoms with E-state index in [0.717, 1.165) is 42.7 Å². The highest BCUT2D eigenvalue weighted by Gasteiger charge is 2.19. The summed E-state index contributed by atoms with van der Waals surface area (Å²) in [6, 6.07) is 0. The molecular formula is C15H22O. The largest absolute Gasteiger partial charge is 0.289 e. The molecule has 0 aromatic heterocycles. The molecule has 0 fully saturated rings. The summed E-state index contributed by atoms with van der Waals surface area (Å²) in [5.74, 6) is 1.12. The molecule has 1 atom stereocenters. The first kappa shape index (κ1) is 11.6. The Labute approximate surface area is 98.6 Å². The Morgan fingerprint density at radius 3 is 2.69 bits per heavy atom. The van der Waals surface area contributed by atoms with Crippen molar-refractivity contribution in [1.29, 1.82) is 0 Å². The molecule has 88 valence electrons. The van der Waals surface area contributed by atoms with Gasteiger partial charge in [0.25, 0.3) is 0 Å². The normalized spacial score (nSPS) is 26.7. The maximum absolute atomic E-state index is 12.3. The molecule has 0 radical (unpaired) electrons. The Bertz CT molecular complexity index is 322. The third-order valence-electron chi connectivity index (χ3n) is 3.80. The van der Waals surface area contributed by atoms with E-state index in [9.17, 15) is 4.79 Å². The lowest BCUT2D eigenvalue weighted by molar-refractivity contribution is -0.112. The molecule has 0 amide bonds. The van der Waals surface area contributed by atoms with Gasteiger partial charge in [-0.15, -0.1) is 0 Å². The van der Waals surface area contributed by atoms with Gasteiger partial charge in [0.1, 0.15) is 0 Å². The molecule has 0 saturated carbocycles. The molecule has 16 heavy (non-hydrogen) atoms. The molecule has 0 bridgehead atoms. The van der Waals surface area contributed by atoms with Crippen LogP contribution in [0.15, 0.2) is 23.3 Å². The number of Topliss-reactive ketones (excluding diaryl/α,β-unsaturated/α-hetero) is 1. The molecule has 0 N–H and O–H groups in total. The summed E-state index contributed by atoms with van der Waals surface area (Å²) >= 11 is 0. The van der Waals surface area contributed by atoms with Crippen LogP contribution in [0.25, 0.3) is 0 Å². The summed E-state index contributed by atoms with van der Waals surface area (Å²) in [5, 5.41) is 0. The molecule has 0 aliphatic heterocycles. The lowest BCUT2D eigenvalue weighted by Gasteiger charge is -2.18. The average Bonchev–Trinajstić information content (AvgIpc) is 2.57. The van der Waals surface area contributed by atoms with Crippen LogP contribution in [0.2, 0.25) is 0 Å². The second-order valence-corrected chi connectivity index (χ2v) is 5.27. The smallest absolute Gasteiger partial charge is 0.184 e. The predicted molar refractivity (Wildman–Crippen MR) is 67.3 cm³/mol. The Morgan fingerprint density at radius 2 is 1.94 bits per heavy atom. The number of rotatable bonds is 2. The predicted octanol–water partition coefficient (Wildman–Crippen LogP) is 4.19. The zero-order valence-corrected chi connectivity index (χ0v) is 10.3. The van der Waals surface area contributed by atoms with Crippen LogP contribution < -0.4 is 0 Å². The van der Waals surface area contributed by atoms with Crippen LogP contribution in [-0.4, -0.2) is 5.78 Å². The van der Waals surface area contributed by atoms with Crippen LogP contribution in [0.1, 0.15) is 58.3 Å². The van der Waals surface area contributed by atoms with E-state index in [1.54, 1.807) is 0 Å². The number of hydrogen-bond acceptors (Lipinski definition) is 1. The van der Waals surface area contributed by atoms with Crippen molar-refractivity contribution in [1.82, 2.24) is 0 Å². The van der Waals surface area contributed by atoms with E-state index in [0.29, 0.717) is 5.78 Å². The van der Waals surface area contributed by atoms with E-state index >= 15 is 0 Å². The van der Waals surface area contributed by atoms with E-state index in [-0.39, 0.29) is 0 Å². The maximum atomic E-state index is 12.3. The van der Waals surface area contributed by atoms with Crippen molar-refractivity contribution in [2.75, 3.05) is 0 Å². The number of carbonyl (C=O) groups is 1. The van der Waals surface area contributed by atoms with Gasteiger partial charge in [-0.25, -0.2) is 0 Å². The summed E-state index contributed by atoms with van der Waals surface area (Å²) in [5.41, 5.74) is 2.18. The van der Waals surface area contributed by atoms with Gasteiger partial charge in [0.15, 0.2) is 5.78 Å². The minimum absolute atomic E-state index is 0.355. The van der Waals surface area contributed by atoms with Crippen molar-refractivity contribution < 1.29 is 4.79 Å². The van der Waals surface area contributed by atoms with Gasteiger partial charge in [0, 0.05) is 0 Å². The quantitative estimate of drug-likeness (QED) is 0.679. The lowest BCUT2D eigenvalue weighted by atomic mass is 9.86. The van der Waals surface area contributed by atoms with Crippen LogP contribution in [0, 0.1) is 5.92 Å². The zero-order chi connectivity index (χ0) is 11.4. The molecule has 1 unspecified atom stereocenters. The van der Waals surface area contributed by atoms with Crippen LogP contribution in [0.3, 0.4) is 0 Å². The van der Waals surface area contributed by atoms with Gasteiger partial charge < -0.3 is 0 Å². The van der Waals surface area contributed by atoms with E-state index in [4.69, 9.17) is 0 Å². The average molecular weight is 218 g/mol. The number of allylic oxidation sites excluding steroid dienone is 4. The first-order valence-corrected chi connectivity index (χ1v) is 6.70. The minimum atomic E-state index is 0.355. The van der Waals surface area contributed by atoms with Crippen LogP contribution in [0.4, 0.5) is 0 Å². The van der Waals surface area contributed by atoms with E-state index < -0.39 is 0 Å². The van der Waals surface area contributed by atoms with Crippen LogP contribution in [0.5, 0.6) is 0 Å². The van der Waals surface area contributed by atoms with Gasteiger partial charge in [0.2, 0.25) is 0 Å². The fraction of sp³-hybridized carbons (Fsp3) is 0.667. The molecule has 1 nitrogen and oxygen atoms in total. The highest BCUT2D eigenvalue weighted by molar-refractivity contribution is 6.08. The molecule has 0 saturated heterocycles. The van der Waals surface area contributed by atoms with Crippen molar-refractivity contribution in [2.45, 2.75) is 58.3 Å².